The molecule has 9 rings (SSSR count). The highest BCUT2D eigenvalue weighted by Gasteiger charge is 2.46. The van der Waals surface area contributed by atoms with Crippen LogP contribution in [0.4, 0.5) is 4.79 Å². The van der Waals surface area contributed by atoms with Gasteiger partial charge in [0.2, 0.25) is 5.91 Å². The maximum atomic E-state index is 13.6. The molecule has 3 N–H and O–H groups in total. The summed E-state index contributed by atoms with van der Waals surface area (Å²) in [4.78, 5) is 46.8. The fourth-order valence-electron chi connectivity index (χ4n) is 9.16. The molecule has 2 aromatic heterocycles. The van der Waals surface area contributed by atoms with E-state index in [1.54, 1.807) is 0 Å². The number of carbonyl (C=O) groups is 2. The molecule has 1 aliphatic carbocycles. The van der Waals surface area contributed by atoms with E-state index in [-0.39, 0.29) is 17.9 Å². The fraction of sp³-hybridized carbons (Fsp3) is 0.415. The van der Waals surface area contributed by atoms with Crippen molar-refractivity contribution in [3.8, 4) is 39.3 Å². The molecule has 5 heterocycles. The van der Waals surface area contributed by atoms with Gasteiger partial charge in [-0.25, -0.2) is 14.8 Å². The molecule has 3 fully saturated rings. The van der Waals surface area contributed by atoms with Crippen molar-refractivity contribution < 1.29 is 19.1 Å². The maximum Gasteiger partial charge on any atom is 0.407 e. The first-order valence-corrected chi connectivity index (χ1v) is 18.6. The lowest BCUT2D eigenvalue weighted by Crippen LogP contribution is -2.51. The summed E-state index contributed by atoms with van der Waals surface area (Å²) < 4.78 is 11.1. The van der Waals surface area contributed by atoms with Gasteiger partial charge in [0.15, 0.2) is 0 Å². The van der Waals surface area contributed by atoms with Gasteiger partial charge in [-0.1, -0.05) is 38.1 Å². The third kappa shape index (κ3) is 5.53. The van der Waals surface area contributed by atoms with Gasteiger partial charge in [0.25, 0.3) is 0 Å². The number of benzene rings is 3. The van der Waals surface area contributed by atoms with Crippen LogP contribution in [0.5, 0.6) is 5.75 Å². The van der Waals surface area contributed by atoms with Crippen molar-refractivity contribution in [1.29, 1.82) is 0 Å². The number of hydrogen-bond acceptors (Lipinski definition) is 7. The smallest absolute Gasteiger partial charge is 0.407 e. The molecule has 1 saturated carbocycles. The minimum atomic E-state index is -0.675. The number of alkyl carbamates (subject to hydrolysis) is 1. The van der Waals surface area contributed by atoms with Gasteiger partial charge < -0.3 is 29.7 Å². The van der Waals surface area contributed by atoms with Gasteiger partial charge in [0.05, 0.1) is 42.1 Å². The van der Waals surface area contributed by atoms with Crippen LogP contribution in [0, 0.1) is 11.8 Å². The molecule has 3 aromatic carbocycles. The van der Waals surface area contributed by atoms with Crippen LogP contribution < -0.4 is 10.1 Å². The molecule has 0 unspecified atom stereocenters. The molecule has 4 aliphatic rings. The van der Waals surface area contributed by atoms with Crippen molar-refractivity contribution in [3.05, 3.63) is 78.0 Å². The molecule has 268 valence electrons. The zero-order chi connectivity index (χ0) is 35.7. The first-order valence-electron chi connectivity index (χ1n) is 18.6. The van der Waals surface area contributed by atoms with Crippen LogP contribution in [0.25, 0.3) is 44.5 Å². The summed E-state index contributed by atoms with van der Waals surface area (Å²) in [7, 11) is 3.55. The number of nitrogens with zero attached hydrogens (tertiary/aromatic N) is 4. The number of H-pyrrole nitrogens is 2. The van der Waals surface area contributed by atoms with E-state index in [0.29, 0.717) is 31.2 Å². The second-order valence-corrected chi connectivity index (χ2v) is 15.3. The van der Waals surface area contributed by atoms with E-state index in [9.17, 15) is 9.59 Å². The Kier molecular flexibility index (Phi) is 8.06. The molecular formula is C41H45N7O4. The molecule has 52 heavy (non-hydrogen) atoms. The Balaban J connectivity index is 0.928. The second kappa shape index (κ2) is 12.8. The summed E-state index contributed by atoms with van der Waals surface area (Å²) in [6, 6.07) is 19.7. The highest BCUT2D eigenvalue weighted by Crippen LogP contribution is 2.49. The molecule has 5 aromatic rings. The SMILES string of the molecule is COC(=O)N[C@H](C(=O)N1CCC[C@H]1c1ncc(-c2ccc3c(c2)OCc2cc(-c4ccc5nc([C@@H]6[C@H]7CC[C@H](C7)N6C)[nH]c5c4)ccc2-3)[nH]1)C(C)C. The molecule has 2 saturated heterocycles. The number of methoxy groups -OCH3 is 1. The summed E-state index contributed by atoms with van der Waals surface area (Å²) in [6.45, 7) is 4.92. The average molecular weight is 700 g/mol. The topological polar surface area (TPSA) is 128 Å². The van der Waals surface area contributed by atoms with E-state index in [1.165, 1.54) is 31.9 Å². The number of ether oxygens (including phenoxy) is 2. The molecule has 3 aliphatic heterocycles. The summed E-state index contributed by atoms with van der Waals surface area (Å²) in [6.07, 6.45) is 6.77. The Morgan fingerprint density at radius 3 is 2.58 bits per heavy atom. The lowest BCUT2D eigenvalue weighted by atomic mass is 9.92. The van der Waals surface area contributed by atoms with E-state index >= 15 is 0 Å². The van der Waals surface area contributed by atoms with Crippen molar-refractivity contribution in [2.75, 3.05) is 20.7 Å². The van der Waals surface area contributed by atoms with Crippen molar-refractivity contribution in [1.82, 2.24) is 35.1 Å². The van der Waals surface area contributed by atoms with Crippen molar-refractivity contribution in [2.24, 2.45) is 11.8 Å². The van der Waals surface area contributed by atoms with Crippen LogP contribution in [0.1, 0.15) is 75.2 Å². The zero-order valence-electron chi connectivity index (χ0n) is 30.1. The number of fused-ring (bicyclic) bond motifs is 6. The number of piperidine rings is 1. The summed E-state index contributed by atoms with van der Waals surface area (Å²) in [5, 5.41) is 2.71. The van der Waals surface area contributed by atoms with E-state index < -0.39 is 12.1 Å². The zero-order valence-corrected chi connectivity index (χ0v) is 30.1. The van der Waals surface area contributed by atoms with Crippen molar-refractivity contribution in [2.45, 2.75) is 76.7 Å². The molecule has 5 atom stereocenters. The Morgan fingerprint density at radius 1 is 0.962 bits per heavy atom. The van der Waals surface area contributed by atoms with Gasteiger partial charge in [0, 0.05) is 23.7 Å². The Morgan fingerprint density at radius 2 is 1.77 bits per heavy atom. The van der Waals surface area contributed by atoms with Crippen LogP contribution in [-0.4, -0.2) is 74.5 Å². The molecule has 2 amide bonds. The number of aromatic nitrogens is 4. The molecule has 11 heteroatoms. The van der Waals surface area contributed by atoms with Gasteiger partial charge in [-0.2, -0.15) is 0 Å². The standard InChI is InChI=1S/C41H45N7O4/c1-22(2)36(46-41(50)51-4)40(49)48-15-5-6-34(48)38-42-20-33(45-38)25-9-13-30-29-12-8-23(16-27(29)21-52-35(30)19-25)24-10-14-31-32(18-24)44-39(43-31)37-26-7-11-28(17-26)47(37)3/h8-10,12-14,16,18-20,22,26,28,34,36-37H,5-7,11,15,17,21H2,1-4H3,(H,42,45)(H,43,44)(H,46,50)/t26-,28+,34-,36-,37-/m0/s1. The van der Waals surface area contributed by atoms with E-state index in [4.69, 9.17) is 19.4 Å². The molecule has 0 radical (unpaired) electrons. The summed E-state index contributed by atoms with van der Waals surface area (Å²) in [5.41, 5.74) is 9.63. The molecule has 2 bridgehead atoms. The number of carbonyl (C=O) groups excluding carboxylic acids is 2. The van der Waals surface area contributed by atoms with Crippen molar-refractivity contribution >= 4 is 23.0 Å². The lowest BCUT2D eigenvalue weighted by molar-refractivity contribution is -0.135. The fourth-order valence-corrected chi connectivity index (χ4v) is 9.16. The third-order valence-electron chi connectivity index (χ3n) is 11.9. The number of nitrogens with one attached hydrogen (secondary N) is 3. The van der Waals surface area contributed by atoms with Gasteiger partial charge in [0.1, 0.15) is 30.0 Å². The summed E-state index contributed by atoms with van der Waals surface area (Å²) in [5.74, 6) is 3.15. The highest BCUT2D eigenvalue weighted by atomic mass is 16.5. The first kappa shape index (κ1) is 32.7. The molecule has 11 nitrogen and oxygen atoms in total. The molecule has 0 spiro atoms. The van der Waals surface area contributed by atoms with E-state index in [1.807, 2.05) is 24.9 Å². The second-order valence-electron chi connectivity index (χ2n) is 15.3. The normalized spacial score (nSPS) is 22.8. The monoisotopic (exact) mass is 699 g/mol. The van der Waals surface area contributed by atoms with Gasteiger partial charge >= 0.3 is 6.09 Å². The van der Waals surface area contributed by atoms with Crippen LogP contribution in [0.3, 0.4) is 0 Å². The predicted octanol–water partition coefficient (Wildman–Crippen LogP) is 7.38. The van der Waals surface area contributed by atoms with Crippen LogP contribution in [0.15, 0.2) is 60.8 Å². The largest absolute Gasteiger partial charge is 0.488 e. The predicted molar refractivity (Wildman–Crippen MR) is 198 cm³/mol. The lowest BCUT2D eigenvalue weighted by Gasteiger charge is -2.30. The van der Waals surface area contributed by atoms with Gasteiger partial charge in [-0.05, 0) is 104 Å². The average Bonchev–Trinajstić information content (AvgIpc) is 4.01. The van der Waals surface area contributed by atoms with Crippen LogP contribution in [-0.2, 0) is 16.1 Å². The minimum absolute atomic E-state index is 0.0918. The number of imidazole rings is 2. The van der Waals surface area contributed by atoms with E-state index in [2.05, 4.69) is 81.8 Å². The Labute approximate surface area is 303 Å². The van der Waals surface area contributed by atoms with Crippen LogP contribution in [0.2, 0.25) is 0 Å². The Bertz CT molecular complexity index is 2190. The number of amides is 2. The van der Waals surface area contributed by atoms with Crippen molar-refractivity contribution in [3.63, 3.8) is 0 Å². The summed E-state index contributed by atoms with van der Waals surface area (Å²) >= 11 is 0. The van der Waals surface area contributed by atoms with E-state index in [0.717, 1.165) is 74.8 Å². The number of rotatable bonds is 7. The Hall–Kier alpha value is -5.16. The maximum absolute atomic E-state index is 13.6. The quantitative estimate of drug-likeness (QED) is 0.162. The molecular weight excluding hydrogens is 654 g/mol. The number of likely N-dealkylation sites (tertiary alicyclic amines) is 2. The highest BCUT2D eigenvalue weighted by molar-refractivity contribution is 5.87. The number of aromatic amines is 2. The first-order chi connectivity index (χ1) is 25.2. The minimum Gasteiger partial charge on any atom is -0.488 e. The number of hydrogen-bond donors (Lipinski definition) is 3. The van der Waals surface area contributed by atoms with Crippen LogP contribution >= 0.6 is 0 Å². The van der Waals surface area contributed by atoms with Gasteiger partial charge in [-0.3, -0.25) is 9.69 Å². The van der Waals surface area contributed by atoms with Gasteiger partial charge in [-0.15, -0.1) is 0 Å². The third-order valence-corrected chi connectivity index (χ3v) is 11.9.